The van der Waals surface area contributed by atoms with Gasteiger partial charge in [0.25, 0.3) is 5.09 Å². The number of hydrogen-bond acceptors (Lipinski definition) is 10. The Morgan fingerprint density at radius 2 is 1.80 bits per heavy atom. The summed E-state index contributed by atoms with van der Waals surface area (Å²) in [6.07, 6.45) is 2.36. The molecule has 2 aliphatic rings. The van der Waals surface area contributed by atoms with Crippen molar-refractivity contribution in [3.8, 4) is 5.75 Å². The molecule has 1 N–H and O–H groups in total. The number of nitrogens with zero attached hydrogens (tertiary/aromatic N) is 3. The topological polar surface area (TPSA) is 142 Å². The number of hydrogen-bond donors (Lipinski definition) is 1. The van der Waals surface area contributed by atoms with Gasteiger partial charge in [-0.3, -0.25) is 9.63 Å². The van der Waals surface area contributed by atoms with E-state index in [2.05, 4.69) is 33.3 Å². The molecule has 5 rings (SSSR count). The third kappa shape index (κ3) is 11.1. The monoisotopic (exact) mass is 690 g/mol. The van der Waals surface area contributed by atoms with Gasteiger partial charge in [-0.15, -0.1) is 10.1 Å². The van der Waals surface area contributed by atoms with Crippen LogP contribution in [0.2, 0.25) is 0 Å². The summed E-state index contributed by atoms with van der Waals surface area (Å²) in [5, 5.41) is 12.4. The van der Waals surface area contributed by atoms with Crippen molar-refractivity contribution in [3.63, 3.8) is 0 Å². The Balaban J connectivity index is 1.19. The highest BCUT2D eigenvalue weighted by Gasteiger charge is 2.34. The van der Waals surface area contributed by atoms with Gasteiger partial charge in [-0.2, -0.15) is 0 Å². The number of piperidine rings is 1. The van der Waals surface area contributed by atoms with Crippen LogP contribution >= 0.6 is 0 Å². The maximum atomic E-state index is 12.7. The van der Waals surface area contributed by atoms with Gasteiger partial charge in [0.05, 0.1) is 39.1 Å². The van der Waals surface area contributed by atoms with Gasteiger partial charge < -0.3 is 34.1 Å². The van der Waals surface area contributed by atoms with E-state index < -0.39 is 18.0 Å². The summed E-state index contributed by atoms with van der Waals surface area (Å²) in [6, 6.07) is 24.4. The Bertz CT molecular complexity index is 1540. The van der Waals surface area contributed by atoms with E-state index in [4.69, 9.17) is 18.9 Å². The van der Waals surface area contributed by atoms with Crippen LogP contribution in [0.3, 0.4) is 0 Å². The molecule has 0 aromatic heterocycles. The van der Waals surface area contributed by atoms with Crippen LogP contribution in [0.4, 0.5) is 10.5 Å². The quantitative estimate of drug-likeness (QED) is 0.0865. The van der Waals surface area contributed by atoms with Crippen LogP contribution in [0, 0.1) is 10.1 Å². The van der Waals surface area contributed by atoms with Crippen LogP contribution in [-0.2, 0) is 43.5 Å². The Kier molecular flexibility index (Phi) is 13.7. The molecule has 268 valence electrons. The zero-order valence-electron chi connectivity index (χ0n) is 28.5. The smallest absolute Gasteiger partial charge is 0.411 e. The molecular formula is C37H46N4O9. The van der Waals surface area contributed by atoms with Crippen LogP contribution < -0.4 is 15.0 Å². The first kappa shape index (κ1) is 36.4. The minimum atomic E-state index is -1.00. The largest absolute Gasteiger partial charge is 0.494 e. The molecular weight excluding hydrogens is 644 g/mol. The fourth-order valence-corrected chi connectivity index (χ4v) is 6.36. The van der Waals surface area contributed by atoms with Crippen LogP contribution in [-0.4, -0.2) is 80.8 Å². The highest BCUT2D eigenvalue weighted by atomic mass is 17.0. The zero-order valence-corrected chi connectivity index (χ0v) is 28.5. The van der Waals surface area contributed by atoms with Crippen LogP contribution in [0.15, 0.2) is 72.8 Å². The average Bonchev–Trinajstić information content (AvgIpc) is 3.12. The molecule has 1 saturated heterocycles. The van der Waals surface area contributed by atoms with Gasteiger partial charge in [-0.1, -0.05) is 54.6 Å². The second-order valence-electron chi connectivity index (χ2n) is 12.4. The number of benzene rings is 3. The first-order valence-electron chi connectivity index (χ1n) is 17.1. The number of nitrogens with one attached hydrogen (secondary N) is 1. The fraction of sp³-hybridized carbons (Fsp3) is 0.459. The number of ether oxygens (including phenoxy) is 4. The molecule has 2 unspecified atom stereocenters. The molecule has 0 radical (unpaired) electrons. The van der Waals surface area contributed by atoms with E-state index in [1.54, 1.807) is 0 Å². The third-order valence-electron chi connectivity index (χ3n) is 8.86. The second-order valence-corrected chi connectivity index (χ2v) is 12.4. The van der Waals surface area contributed by atoms with Gasteiger partial charge >= 0.3 is 6.09 Å². The lowest BCUT2D eigenvalue weighted by Gasteiger charge is -2.38. The first-order chi connectivity index (χ1) is 24.4. The Labute approximate surface area is 292 Å². The van der Waals surface area contributed by atoms with Gasteiger partial charge in [0, 0.05) is 51.1 Å². The molecule has 0 bridgehead atoms. The van der Waals surface area contributed by atoms with E-state index in [9.17, 15) is 19.7 Å². The standard InChI is InChI=1S/C37H46N4O9/c1-28(42)38-17-20-39-18-5-9-32-11-10-30(23-35(32)39)26-48-36-24-40(37(43)49-27-50-41(44)45)19-16-34(36)31-12-14-33(15-13-31)47-22-6-21-46-25-29-7-3-2-4-8-29/h2-4,7-8,10-15,23,34,36H,5-6,9,16-22,24-27H2,1H3,(H,38,42). The molecule has 0 saturated carbocycles. The van der Waals surface area contributed by atoms with Crippen molar-refractivity contribution in [1.82, 2.24) is 10.2 Å². The lowest BCUT2D eigenvalue weighted by molar-refractivity contribution is -0.765. The molecule has 50 heavy (non-hydrogen) atoms. The van der Waals surface area contributed by atoms with Gasteiger partial charge in [-0.05, 0) is 59.7 Å². The second kappa shape index (κ2) is 18.8. The van der Waals surface area contributed by atoms with Gasteiger partial charge in [0.2, 0.25) is 12.7 Å². The number of likely N-dealkylation sites (tertiary alicyclic amines) is 1. The van der Waals surface area contributed by atoms with Crippen LogP contribution in [0.25, 0.3) is 0 Å². The van der Waals surface area contributed by atoms with Crippen molar-refractivity contribution in [2.45, 2.75) is 57.8 Å². The lowest BCUT2D eigenvalue weighted by atomic mass is 9.87. The van der Waals surface area contributed by atoms with Gasteiger partial charge in [0.1, 0.15) is 5.75 Å². The van der Waals surface area contributed by atoms with Crippen molar-refractivity contribution in [2.75, 3.05) is 57.6 Å². The summed E-state index contributed by atoms with van der Waals surface area (Å²) < 4.78 is 23.2. The Morgan fingerprint density at radius 1 is 0.980 bits per heavy atom. The highest BCUT2D eigenvalue weighted by molar-refractivity contribution is 5.72. The van der Waals surface area contributed by atoms with E-state index in [1.807, 2.05) is 54.6 Å². The van der Waals surface area contributed by atoms with Crippen molar-refractivity contribution >= 4 is 17.7 Å². The maximum Gasteiger partial charge on any atom is 0.411 e. The van der Waals surface area contributed by atoms with E-state index >= 15 is 0 Å². The van der Waals surface area contributed by atoms with Crippen molar-refractivity contribution in [2.24, 2.45) is 0 Å². The van der Waals surface area contributed by atoms with E-state index in [-0.39, 0.29) is 24.5 Å². The molecule has 0 aliphatic carbocycles. The van der Waals surface area contributed by atoms with E-state index in [0.29, 0.717) is 45.9 Å². The summed E-state index contributed by atoms with van der Waals surface area (Å²) in [6.45, 7) is 5.64. The minimum Gasteiger partial charge on any atom is -0.494 e. The minimum absolute atomic E-state index is 0.0127. The molecule has 2 atom stereocenters. The van der Waals surface area contributed by atoms with E-state index in [1.165, 1.54) is 17.4 Å². The number of carbonyl (C=O) groups is 2. The molecule has 2 aliphatic heterocycles. The maximum absolute atomic E-state index is 12.7. The van der Waals surface area contributed by atoms with Crippen molar-refractivity contribution in [1.29, 1.82) is 0 Å². The summed E-state index contributed by atoms with van der Waals surface area (Å²) in [5.74, 6) is 0.705. The lowest BCUT2D eigenvalue weighted by Crippen LogP contribution is -2.47. The van der Waals surface area contributed by atoms with Gasteiger partial charge in [0.15, 0.2) is 0 Å². The molecule has 0 spiro atoms. The predicted molar refractivity (Wildman–Crippen MR) is 185 cm³/mol. The molecule has 2 heterocycles. The number of fused-ring (bicyclic) bond motifs is 1. The summed E-state index contributed by atoms with van der Waals surface area (Å²) >= 11 is 0. The summed E-state index contributed by atoms with van der Waals surface area (Å²) in [7, 11) is 0. The number of rotatable bonds is 17. The molecule has 13 heteroatoms. The first-order valence-corrected chi connectivity index (χ1v) is 17.1. The Hall–Kier alpha value is -4.88. The summed E-state index contributed by atoms with van der Waals surface area (Å²) in [4.78, 5) is 42.6. The molecule has 3 aromatic carbocycles. The third-order valence-corrected chi connectivity index (χ3v) is 8.86. The molecule has 3 aromatic rings. The highest BCUT2D eigenvalue weighted by Crippen LogP contribution is 2.34. The van der Waals surface area contributed by atoms with Crippen LogP contribution in [0.1, 0.15) is 54.4 Å². The summed E-state index contributed by atoms with van der Waals surface area (Å²) in [5.41, 5.74) is 5.63. The predicted octanol–water partition coefficient (Wildman–Crippen LogP) is 5.24. The van der Waals surface area contributed by atoms with Gasteiger partial charge in [-0.25, -0.2) is 4.79 Å². The Morgan fingerprint density at radius 3 is 2.58 bits per heavy atom. The van der Waals surface area contributed by atoms with Crippen molar-refractivity contribution in [3.05, 3.63) is 105 Å². The fourth-order valence-electron chi connectivity index (χ4n) is 6.36. The number of aryl methyl sites for hydroxylation is 1. The molecule has 13 nitrogen and oxygen atoms in total. The van der Waals surface area contributed by atoms with E-state index in [0.717, 1.165) is 60.5 Å². The number of anilines is 1. The average molecular weight is 691 g/mol. The van der Waals surface area contributed by atoms with Crippen molar-refractivity contribution < 1.29 is 38.5 Å². The SMILES string of the molecule is CC(=O)NCCN1CCCc2ccc(COC3CN(C(=O)OCO[N+](=O)[O-])CCC3c3ccc(OCCCOCc4ccccc4)cc3)cc21. The molecule has 1 fully saturated rings. The number of amides is 2. The molecule has 2 amide bonds. The zero-order chi connectivity index (χ0) is 35.1. The van der Waals surface area contributed by atoms with Crippen LogP contribution in [0.5, 0.6) is 5.75 Å². The number of carbonyl (C=O) groups excluding carboxylic acids is 2. The normalized spacial score (nSPS) is 17.1.